The number of esters is 1. The van der Waals surface area contributed by atoms with E-state index in [1.54, 1.807) is 53.0 Å². The third-order valence-electron chi connectivity index (χ3n) is 16.1. The zero-order valence-electron chi connectivity index (χ0n) is 51.5. The minimum atomic E-state index is -2.13. The molecule has 30 heteroatoms. The average molecular weight is 1440 g/mol. The number of carbonyl (C=O) groups excluding carboxylic acids is 3. The minimum absolute atomic E-state index is 0.00875. The normalized spacial score (nSPS) is 34.0. The Labute approximate surface area is 552 Å². The Balaban J connectivity index is 1.03. The third kappa shape index (κ3) is 16.8. The molecule has 91 heavy (non-hydrogen) atoms. The van der Waals surface area contributed by atoms with Gasteiger partial charge in [0.05, 0.1) is 103 Å². The fourth-order valence-corrected chi connectivity index (χ4v) is 15.0. The van der Waals surface area contributed by atoms with E-state index in [-0.39, 0.29) is 76.5 Å². The Bertz CT molecular complexity index is 3160. The molecule has 2 bridgehead atoms. The Morgan fingerprint density at radius 2 is 1.59 bits per heavy atom. The molecule has 0 aromatic heterocycles. The molecule has 0 radical (unpaired) electrons. The van der Waals surface area contributed by atoms with Crippen molar-refractivity contribution in [3.05, 3.63) is 84.0 Å². The lowest BCUT2D eigenvalue weighted by Crippen LogP contribution is -2.65. The summed E-state index contributed by atoms with van der Waals surface area (Å²) in [5.41, 5.74) is 1.27. The molecule has 0 unspecified atom stereocenters. The highest BCUT2D eigenvalue weighted by Crippen LogP contribution is 2.49. The Hall–Kier alpha value is -4.47. The van der Waals surface area contributed by atoms with Gasteiger partial charge < -0.3 is 87.7 Å². The van der Waals surface area contributed by atoms with Crippen molar-refractivity contribution < 1.29 is 107 Å². The van der Waals surface area contributed by atoms with Gasteiger partial charge in [-0.25, -0.2) is 0 Å². The summed E-state index contributed by atoms with van der Waals surface area (Å²) in [6, 6.07) is 4.63. The number of nitrogens with one attached hydrogen (secondary N) is 2. The van der Waals surface area contributed by atoms with Crippen molar-refractivity contribution in [2.24, 2.45) is 0 Å². The third-order valence-corrected chi connectivity index (χ3v) is 21.0. The average Bonchev–Trinajstić information content (AvgIpc) is 0.833. The van der Waals surface area contributed by atoms with Crippen LogP contribution >= 0.6 is 55.9 Å². The van der Waals surface area contributed by atoms with E-state index in [1.165, 1.54) is 74.3 Å². The Kier molecular flexibility index (Phi) is 26.1. The highest BCUT2D eigenvalue weighted by molar-refractivity contribution is 14.1. The molecule has 498 valence electrons. The number of carbonyl (C=O) groups is 3. The van der Waals surface area contributed by atoms with Gasteiger partial charge >= 0.3 is 5.97 Å². The predicted octanol–water partition coefficient (Wildman–Crippen LogP) is 4.14. The lowest BCUT2D eigenvalue weighted by molar-refractivity contribution is -0.384. The Morgan fingerprint density at radius 3 is 2.25 bits per heavy atom. The van der Waals surface area contributed by atoms with Gasteiger partial charge in [0, 0.05) is 66.6 Å². The maximum absolute atomic E-state index is 14.5. The van der Waals surface area contributed by atoms with Crippen LogP contribution in [0.25, 0.3) is 0 Å². The van der Waals surface area contributed by atoms with Crippen molar-refractivity contribution in [3.63, 3.8) is 0 Å². The first-order chi connectivity index (χ1) is 43.5. The number of ether oxygens (including phenoxy) is 12. The first-order valence-electron chi connectivity index (χ1n) is 29.1. The number of hydrogen-bond acceptors (Lipinski definition) is 28. The summed E-state index contributed by atoms with van der Waals surface area (Å²) in [6.07, 6.45) is -13.9. The van der Waals surface area contributed by atoms with Crippen LogP contribution in [0.5, 0.6) is 17.2 Å². The number of aliphatic hydroxyl groups is 5. The van der Waals surface area contributed by atoms with Gasteiger partial charge in [-0.15, -0.1) is 0 Å². The number of methoxy groups -OCH3 is 5. The number of hydrogen-bond donors (Lipinski definition) is 7. The smallest absolute Gasteiger partial charge is 0.310 e. The number of nitrogens with zero attached hydrogens (tertiary/aromatic N) is 1. The molecule has 4 heterocycles. The van der Waals surface area contributed by atoms with E-state index >= 15 is 0 Å². The fraction of sp³-hybridized carbons (Fsp3) is 0.590. The van der Waals surface area contributed by atoms with Crippen LogP contribution in [0.1, 0.15) is 69.3 Å². The van der Waals surface area contributed by atoms with Crippen molar-refractivity contribution in [3.8, 4) is 40.9 Å². The number of nitro groups is 1. The maximum atomic E-state index is 14.5. The molecule has 2 aliphatic carbocycles. The number of aliphatic hydroxyl groups excluding tert-OH is 4. The summed E-state index contributed by atoms with van der Waals surface area (Å²) in [6.45, 7) is 9.31. The van der Waals surface area contributed by atoms with Crippen LogP contribution in [0.15, 0.2) is 64.1 Å². The summed E-state index contributed by atoms with van der Waals surface area (Å²) in [7, 11) is 9.40. The summed E-state index contributed by atoms with van der Waals surface area (Å²) < 4.78 is 72.9. The molecule has 7 N–H and O–H groups in total. The first kappa shape index (κ1) is 72.4. The van der Waals surface area contributed by atoms with Gasteiger partial charge in [-0.05, 0) is 86.7 Å². The van der Waals surface area contributed by atoms with Gasteiger partial charge in [-0.2, -0.15) is 5.48 Å². The molecule has 2 aromatic carbocycles. The molecule has 4 saturated heterocycles. The lowest BCUT2D eigenvalue weighted by Gasteiger charge is -2.46. The summed E-state index contributed by atoms with van der Waals surface area (Å²) in [4.78, 5) is 59.6. The highest BCUT2D eigenvalue weighted by atomic mass is 127. The SMILES string of the molecule is CCN[C@H]1CO[C@@H](O[C@H]2[C@H](O[C@H]3C#C/C=C\C#C[C@]4(O)CC(=O)C(CC(=O)OC)=C3/C4=C\CSSc3ccc([N+](=O)[O-])cc3)O[C@H](C)[C@@H](NO[C@H]3C[C@H](O)[C@H](SC(=O)c4c(C)c(I)c(O[C@@H]5O[C@@H](C)[C@H](O)[C@@H](OC)[C@H]5O)c(OC)c4OC)[C@@H](C)O3)[C@H]2O)C[C@@H]1OC. The van der Waals surface area contributed by atoms with E-state index in [9.17, 15) is 50.0 Å². The zero-order valence-corrected chi connectivity index (χ0v) is 56.1. The van der Waals surface area contributed by atoms with Gasteiger partial charge in [0.15, 0.2) is 41.8 Å². The molecule has 26 nitrogen and oxygen atoms in total. The van der Waals surface area contributed by atoms with Crippen molar-refractivity contribution >= 4 is 78.5 Å². The number of rotatable bonds is 24. The van der Waals surface area contributed by atoms with Gasteiger partial charge in [0.25, 0.3) is 5.69 Å². The van der Waals surface area contributed by atoms with E-state index in [1.807, 2.05) is 29.5 Å². The number of halogens is 1. The fourth-order valence-electron chi connectivity index (χ4n) is 11.3. The standard InChI is InChI=1S/C61H76IN3O23S3/c1-11-63-37-28-81-43(26-41(37)76-6)86-55-50(70)48(64-88-44-25-38(66)57(32(5)82-44)90-58(72)45-29(2)47(62)53(56(80-10)52(45)78-8)87-59-51(71)54(79-9)49(69)31(4)84-59)30(3)83-60(55)85-40-16-14-12-13-15-22-61(73)27-39(67)35(24-42(68)77-7)46(40)36(61)21-23-89-91-34-19-17-33(18-20-34)65(74)75/h12-13,17-21,30-32,37-38,40-41,43-44,48-51,54-55,57,59-60,63-64,66,69-71,73H,11,23-28H2,1-10H3/b13-12-,36-21+/t30-,31+,32-,37+,38+,40+,41+,43+,44+,48-,49+,50-,51-,54-,55-,57-,59+,60+,61+/m1/s1. The summed E-state index contributed by atoms with van der Waals surface area (Å²) in [5.74, 6) is 10.4. The molecule has 0 saturated carbocycles. The Morgan fingerprint density at radius 1 is 0.879 bits per heavy atom. The molecule has 0 amide bonds. The topological polar surface area (TPSA) is 340 Å². The summed E-state index contributed by atoms with van der Waals surface area (Å²) >= 11 is 2.81. The van der Waals surface area contributed by atoms with Crippen LogP contribution in [-0.4, -0.2) is 217 Å². The second-order valence-electron chi connectivity index (χ2n) is 21.9. The van der Waals surface area contributed by atoms with Crippen molar-refractivity contribution in [1.82, 2.24) is 10.8 Å². The molecule has 0 spiro atoms. The van der Waals surface area contributed by atoms with E-state index in [4.69, 9.17) is 61.7 Å². The largest absolute Gasteiger partial charge is 0.492 e. The monoisotopic (exact) mass is 1440 g/mol. The van der Waals surface area contributed by atoms with Crippen LogP contribution in [-0.2, 0) is 57.1 Å². The number of ketones is 1. The first-order valence-corrected chi connectivity index (χ1v) is 33.4. The molecule has 6 aliphatic rings. The molecular weight excluding hydrogens is 1370 g/mol. The highest BCUT2D eigenvalue weighted by Gasteiger charge is 2.52. The molecule has 8 rings (SSSR count). The van der Waals surface area contributed by atoms with E-state index < -0.39 is 144 Å². The minimum Gasteiger partial charge on any atom is -0.492 e. The van der Waals surface area contributed by atoms with Gasteiger partial charge in [0.1, 0.15) is 36.6 Å². The summed E-state index contributed by atoms with van der Waals surface area (Å²) in [5, 5.41) is 71.8. The van der Waals surface area contributed by atoms with Crippen molar-refractivity contribution in [2.75, 3.05) is 54.5 Å². The molecule has 4 fully saturated rings. The second kappa shape index (κ2) is 32.8. The number of allylic oxidation sites excluding steroid dienone is 2. The van der Waals surface area contributed by atoms with Crippen LogP contribution in [0, 0.1) is 44.3 Å². The van der Waals surface area contributed by atoms with Crippen LogP contribution in [0.2, 0.25) is 0 Å². The molecule has 4 aliphatic heterocycles. The van der Waals surface area contributed by atoms with Gasteiger partial charge in [0.2, 0.25) is 17.2 Å². The number of hydroxylamine groups is 1. The number of thioether (sulfide) groups is 1. The second-order valence-corrected chi connectivity index (χ2v) is 26.6. The number of likely N-dealkylation sites (N-methyl/N-ethyl adjacent to an activating group) is 1. The molecule has 2 aromatic rings. The maximum Gasteiger partial charge on any atom is 0.310 e. The quantitative estimate of drug-likeness (QED) is 0.0148. The van der Waals surface area contributed by atoms with Crippen LogP contribution < -0.4 is 25.0 Å². The zero-order chi connectivity index (χ0) is 66.0. The predicted molar refractivity (Wildman–Crippen MR) is 339 cm³/mol. The number of nitro benzene ring substituents is 1. The van der Waals surface area contributed by atoms with Gasteiger partial charge in [-0.1, -0.05) is 70.0 Å². The molecule has 19 atom stereocenters. The lowest BCUT2D eigenvalue weighted by atomic mass is 9.72. The molecular formula is C61H76IN3O23S3. The van der Waals surface area contributed by atoms with Gasteiger partial charge in [-0.3, -0.25) is 29.3 Å². The number of Topliss-reactive ketones (excluding diaryl/α,β-unsaturated/α-hetero) is 1. The van der Waals surface area contributed by atoms with E-state index in [2.05, 4.69) is 34.5 Å². The van der Waals surface area contributed by atoms with Crippen LogP contribution in [0.4, 0.5) is 5.69 Å². The van der Waals surface area contributed by atoms with Crippen LogP contribution in [0.3, 0.4) is 0 Å². The number of benzene rings is 2. The number of non-ortho nitro benzene ring substituents is 1. The van der Waals surface area contributed by atoms with Crippen molar-refractivity contribution in [1.29, 1.82) is 0 Å². The van der Waals surface area contributed by atoms with E-state index in [0.29, 0.717) is 20.6 Å². The van der Waals surface area contributed by atoms with E-state index in [0.717, 1.165) is 11.8 Å². The number of fused-ring (bicyclic) bond motifs is 2. The van der Waals surface area contributed by atoms with Crippen molar-refractivity contribution in [2.45, 2.75) is 180 Å².